The van der Waals surface area contributed by atoms with Crippen LogP contribution in [0.15, 0.2) is 0 Å². The quantitative estimate of drug-likeness (QED) is 0.728. The highest BCUT2D eigenvalue weighted by Crippen LogP contribution is 2.55. The molecule has 2 nitrogen and oxygen atoms in total. The van der Waals surface area contributed by atoms with Crippen molar-refractivity contribution >= 4 is 5.97 Å². The predicted molar refractivity (Wildman–Crippen MR) is 50.5 cm³/mol. The summed E-state index contributed by atoms with van der Waals surface area (Å²) in [5.41, 5.74) is 0.212. The maximum absolute atomic E-state index is 10.8. The summed E-state index contributed by atoms with van der Waals surface area (Å²) in [6.07, 6.45) is 9.16. The molecule has 0 heterocycles. The molecule has 0 aromatic rings. The van der Waals surface area contributed by atoms with Crippen molar-refractivity contribution in [3.8, 4) is 0 Å². The molecular formula is C11H18O2. The Hall–Kier alpha value is -0.530. The van der Waals surface area contributed by atoms with Crippen molar-refractivity contribution in [3.05, 3.63) is 0 Å². The normalized spacial score (nSPS) is 27.1. The highest BCUT2D eigenvalue weighted by Gasteiger charge is 2.46. The van der Waals surface area contributed by atoms with Crippen molar-refractivity contribution in [3.63, 3.8) is 0 Å². The molecule has 2 heteroatoms. The topological polar surface area (TPSA) is 37.3 Å². The molecule has 0 aromatic heterocycles. The van der Waals surface area contributed by atoms with Gasteiger partial charge in [0.2, 0.25) is 0 Å². The molecule has 0 saturated heterocycles. The van der Waals surface area contributed by atoms with Gasteiger partial charge in [-0.1, -0.05) is 19.3 Å². The molecule has 0 aliphatic heterocycles. The van der Waals surface area contributed by atoms with E-state index in [-0.39, 0.29) is 5.41 Å². The van der Waals surface area contributed by atoms with E-state index in [0.29, 0.717) is 6.42 Å². The zero-order chi connectivity index (χ0) is 9.31. The average molecular weight is 182 g/mol. The lowest BCUT2D eigenvalue weighted by Crippen LogP contribution is -2.29. The van der Waals surface area contributed by atoms with Gasteiger partial charge in [-0.3, -0.25) is 4.79 Å². The second kappa shape index (κ2) is 3.32. The first kappa shape index (κ1) is 9.04. The first-order valence-corrected chi connectivity index (χ1v) is 5.45. The number of rotatable bonds is 3. The van der Waals surface area contributed by atoms with Crippen LogP contribution in [0.2, 0.25) is 0 Å². The molecule has 0 spiro atoms. The molecule has 2 aliphatic rings. The van der Waals surface area contributed by atoms with Crippen LogP contribution in [-0.2, 0) is 4.79 Å². The summed E-state index contributed by atoms with van der Waals surface area (Å²) in [7, 11) is 0. The van der Waals surface area contributed by atoms with Crippen molar-refractivity contribution < 1.29 is 9.90 Å². The number of carbonyl (C=O) groups is 1. The van der Waals surface area contributed by atoms with Gasteiger partial charge >= 0.3 is 5.97 Å². The minimum atomic E-state index is -0.589. The number of carboxylic acid groups (broad SMARTS) is 1. The Morgan fingerprint density at radius 2 is 1.85 bits per heavy atom. The number of hydrogen-bond donors (Lipinski definition) is 1. The zero-order valence-electron chi connectivity index (χ0n) is 8.09. The Labute approximate surface area is 79.3 Å². The summed E-state index contributed by atoms with van der Waals surface area (Å²) in [5, 5.41) is 8.91. The van der Waals surface area contributed by atoms with Gasteiger partial charge in [0.25, 0.3) is 0 Å². The minimum absolute atomic E-state index is 0.212. The van der Waals surface area contributed by atoms with E-state index in [1.54, 1.807) is 0 Å². The van der Waals surface area contributed by atoms with E-state index in [9.17, 15) is 4.79 Å². The first-order chi connectivity index (χ1) is 6.23. The molecule has 0 bridgehead atoms. The fraction of sp³-hybridized carbons (Fsp3) is 0.909. The lowest BCUT2D eigenvalue weighted by molar-refractivity contribution is -0.140. The van der Waals surface area contributed by atoms with Crippen molar-refractivity contribution in [1.29, 1.82) is 0 Å². The second-order valence-electron chi connectivity index (χ2n) is 4.77. The van der Waals surface area contributed by atoms with Crippen LogP contribution in [0.25, 0.3) is 0 Å². The first-order valence-electron chi connectivity index (χ1n) is 5.45. The molecule has 1 N–H and O–H groups in total. The average Bonchev–Trinajstić information content (AvgIpc) is 2.86. The molecule has 0 unspecified atom stereocenters. The lowest BCUT2D eigenvalue weighted by Gasteiger charge is -2.36. The standard InChI is InChI=1S/C11H18O2/c12-10(13)8-11(9-4-5-9)6-2-1-3-7-11/h9H,1-8H2,(H,12,13). The minimum Gasteiger partial charge on any atom is -0.481 e. The smallest absolute Gasteiger partial charge is 0.303 e. The molecule has 2 rings (SSSR count). The van der Waals surface area contributed by atoms with Crippen LogP contribution in [0.3, 0.4) is 0 Å². The molecule has 2 aliphatic carbocycles. The van der Waals surface area contributed by atoms with Gasteiger partial charge in [-0.2, -0.15) is 0 Å². The Bertz CT molecular complexity index is 200. The summed E-state index contributed by atoms with van der Waals surface area (Å²) < 4.78 is 0. The third kappa shape index (κ3) is 1.87. The summed E-state index contributed by atoms with van der Waals surface area (Å²) in [6, 6.07) is 0. The van der Waals surface area contributed by atoms with Gasteiger partial charge in [-0.05, 0) is 37.0 Å². The third-order valence-electron chi connectivity index (χ3n) is 3.80. The van der Waals surface area contributed by atoms with E-state index in [0.717, 1.165) is 5.92 Å². The van der Waals surface area contributed by atoms with Crippen molar-refractivity contribution in [1.82, 2.24) is 0 Å². The largest absolute Gasteiger partial charge is 0.481 e. The molecule has 74 valence electrons. The highest BCUT2D eigenvalue weighted by molar-refractivity contribution is 5.67. The Morgan fingerprint density at radius 3 is 2.31 bits per heavy atom. The zero-order valence-corrected chi connectivity index (χ0v) is 8.09. The SMILES string of the molecule is O=C(O)CC1(C2CC2)CCCCC1. The van der Waals surface area contributed by atoms with Crippen LogP contribution in [0, 0.1) is 11.3 Å². The van der Waals surface area contributed by atoms with Gasteiger partial charge in [0, 0.05) is 0 Å². The maximum Gasteiger partial charge on any atom is 0.303 e. The van der Waals surface area contributed by atoms with Gasteiger partial charge in [0.05, 0.1) is 6.42 Å². The molecule has 2 fully saturated rings. The second-order valence-corrected chi connectivity index (χ2v) is 4.77. The summed E-state index contributed by atoms with van der Waals surface area (Å²) in [6.45, 7) is 0. The van der Waals surface area contributed by atoms with Crippen LogP contribution >= 0.6 is 0 Å². The number of aliphatic carboxylic acids is 1. The van der Waals surface area contributed by atoms with Crippen LogP contribution in [0.4, 0.5) is 0 Å². The number of carboxylic acids is 1. The van der Waals surface area contributed by atoms with E-state index >= 15 is 0 Å². The molecule has 0 aromatic carbocycles. The Balaban J connectivity index is 2.04. The van der Waals surface area contributed by atoms with Crippen molar-refractivity contribution in [2.45, 2.75) is 51.4 Å². The molecule has 13 heavy (non-hydrogen) atoms. The van der Waals surface area contributed by atoms with Crippen LogP contribution < -0.4 is 0 Å². The van der Waals surface area contributed by atoms with E-state index in [4.69, 9.17) is 5.11 Å². The van der Waals surface area contributed by atoms with Crippen LogP contribution in [-0.4, -0.2) is 11.1 Å². The van der Waals surface area contributed by atoms with E-state index in [2.05, 4.69) is 0 Å². The number of hydrogen-bond acceptors (Lipinski definition) is 1. The molecule has 0 amide bonds. The summed E-state index contributed by atoms with van der Waals surface area (Å²) >= 11 is 0. The fourth-order valence-corrected chi connectivity index (χ4v) is 2.98. The van der Waals surface area contributed by atoms with Crippen LogP contribution in [0.1, 0.15) is 51.4 Å². The lowest BCUT2D eigenvalue weighted by atomic mass is 9.68. The van der Waals surface area contributed by atoms with Gasteiger partial charge in [0.1, 0.15) is 0 Å². The molecule has 2 saturated carbocycles. The maximum atomic E-state index is 10.8. The summed E-state index contributed by atoms with van der Waals surface area (Å²) in [5.74, 6) is 0.165. The van der Waals surface area contributed by atoms with Crippen molar-refractivity contribution in [2.75, 3.05) is 0 Å². The van der Waals surface area contributed by atoms with Gasteiger partial charge in [0.15, 0.2) is 0 Å². The Morgan fingerprint density at radius 1 is 1.23 bits per heavy atom. The van der Waals surface area contributed by atoms with E-state index in [1.807, 2.05) is 0 Å². The van der Waals surface area contributed by atoms with E-state index < -0.39 is 5.97 Å². The monoisotopic (exact) mass is 182 g/mol. The molecular weight excluding hydrogens is 164 g/mol. The summed E-state index contributed by atoms with van der Waals surface area (Å²) in [4.78, 5) is 10.8. The molecule has 0 radical (unpaired) electrons. The van der Waals surface area contributed by atoms with Crippen molar-refractivity contribution in [2.24, 2.45) is 11.3 Å². The third-order valence-corrected chi connectivity index (χ3v) is 3.80. The van der Waals surface area contributed by atoms with E-state index in [1.165, 1.54) is 44.9 Å². The van der Waals surface area contributed by atoms with Gasteiger partial charge in [-0.25, -0.2) is 0 Å². The fourth-order valence-electron chi connectivity index (χ4n) is 2.98. The van der Waals surface area contributed by atoms with Gasteiger partial charge < -0.3 is 5.11 Å². The molecule has 0 atom stereocenters. The Kier molecular flexibility index (Phi) is 2.31. The predicted octanol–water partition coefficient (Wildman–Crippen LogP) is 2.82. The van der Waals surface area contributed by atoms with Gasteiger partial charge in [-0.15, -0.1) is 0 Å². The highest BCUT2D eigenvalue weighted by atomic mass is 16.4. The van der Waals surface area contributed by atoms with Crippen LogP contribution in [0.5, 0.6) is 0 Å².